The van der Waals surface area contributed by atoms with Gasteiger partial charge in [-0.15, -0.1) is 0 Å². The normalized spacial score (nSPS) is 12.6. The van der Waals surface area contributed by atoms with Crippen LogP contribution >= 0.6 is 0 Å². The predicted molar refractivity (Wildman–Crippen MR) is 85.5 cm³/mol. The first kappa shape index (κ1) is 19.6. The maximum absolute atomic E-state index is 11.1. The Morgan fingerprint density at radius 3 is 1.50 bits per heavy atom. The molecule has 0 aromatic carbocycles. The summed E-state index contributed by atoms with van der Waals surface area (Å²) in [6.45, 7) is 2.26. The molecular formula is C17H35NO2. The molecule has 0 spiro atoms. The lowest BCUT2D eigenvalue weighted by Gasteiger charge is -2.04. The van der Waals surface area contributed by atoms with Gasteiger partial charge in [0.05, 0.1) is 0 Å². The summed E-state index contributed by atoms with van der Waals surface area (Å²) >= 11 is 0. The van der Waals surface area contributed by atoms with Crippen molar-refractivity contribution in [3.63, 3.8) is 0 Å². The molecule has 0 radical (unpaired) electrons. The number of carbonyl (C=O) groups excluding carboxylic acids is 1. The summed E-state index contributed by atoms with van der Waals surface area (Å²) in [6.07, 6.45) is 16.0. The molecule has 120 valence electrons. The zero-order valence-electron chi connectivity index (χ0n) is 13.4. The van der Waals surface area contributed by atoms with E-state index in [0.717, 1.165) is 12.8 Å². The van der Waals surface area contributed by atoms with E-state index in [1.807, 2.05) is 0 Å². The summed E-state index contributed by atoms with van der Waals surface area (Å²) in [5.41, 5.74) is 5.09. The third-order valence-corrected chi connectivity index (χ3v) is 3.86. The molecule has 3 heteroatoms. The first-order valence-corrected chi connectivity index (χ1v) is 8.64. The van der Waals surface area contributed by atoms with Crippen LogP contribution in [0, 0.1) is 0 Å². The topological polar surface area (TPSA) is 63.3 Å². The molecule has 0 aromatic rings. The molecule has 0 aliphatic heterocycles. The molecule has 20 heavy (non-hydrogen) atoms. The zero-order valence-corrected chi connectivity index (χ0v) is 13.4. The van der Waals surface area contributed by atoms with Crippen molar-refractivity contribution >= 4 is 5.78 Å². The standard InChI is InChI=1S/C17H35NO2/c1-2-3-4-5-6-7-8-9-10-11-12-13-14-15-16(19)17(18)20/h17,20H,2-15,18H2,1H3. The van der Waals surface area contributed by atoms with Crippen molar-refractivity contribution < 1.29 is 9.90 Å². The lowest BCUT2D eigenvalue weighted by atomic mass is 10.0. The van der Waals surface area contributed by atoms with Crippen LogP contribution < -0.4 is 5.73 Å². The van der Waals surface area contributed by atoms with E-state index in [1.54, 1.807) is 0 Å². The molecule has 0 saturated carbocycles. The Morgan fingerprint density at radius 1 is 0.800 bits per heavy atom. The quantitative estimate of drug-likeness (QED) is 0.348. The molecule has 0 rings (SSSR count). The largest absolute Gasteiger partial charge is 0.371 e. The molecule has 0 fully saturated rings. The van der Waals surface area contributed by atoms with Crippen molar-refractivity contribution in [3.05, 3.63) is 0 Å². The highest BCUT2D eigenvalue weighted by Crippen LogP contribution is 2.13. The van der Waals surface area contributed by atoms with E-state index in [-0.39, 0.29) is 5.78 Å². The minimum absolute atomic E-state index is 0.229. The SMILES string of the molecule is CCCCCCCCCCCCCCCC(=O)C(N)O. The number of aliphatic hydroxyl groups is 1. The van der Waals surface area contributed by atoms with Gasteiger partial charge < -0.3 is 5.11 Å². The zero-order chi connectivity index (χ0) is 15.1. The number of ketones is 1. The molecular weight excluding hydrogens is 250 g/mol. The lowest BCUT2D eigenvalue weighted by molar-refractivity contribution is -0.126. The van der Waals surface area contributed by atoms with Crippen molar-refractivity contribution in [2.45, 2.75) is 103 Å². The molecule has 0 aromatic heterocycles. The van der Waals surface area contributed by atoms with Crippen LogP contribution in [-0.4, -0.2) is 17.1 Å². The molecule has 3 nitrogen and oxygen atoms in total. The van der Waals surface area contributed by atoms with E-state index in [9.17, 15) is 4.79 Å². The van der Waals surface area contributed by atoms with Gasteiger partial charge in [0.25, 0.3) is 0 Å². The number of unbranched alkanes of at least 4 members (excludes halogenated alkanes) is 12. The first-order chi connectivity index (χ1) is 9.68. The third kappa shape index (κ3) is 14.0. The number of nitrogens with two attached hydrogens (primary N) is 1. The lowest BCUT2D eigenvalue weighted by Crippen LogP contribution is -2.29. The van der Waals surface area contributed by atoms with Crippen molar-refractivity contribution in [1.82, 2.24) is 0 Å². The van der Waals surface area contributed by atoms with Gasteiger partial charge in [-0.2, -0.15) is 0 Å². The fourth-order valence-corrected chi connectivity index (χ4v) is 2.46. The highest BCUT2D eigenvalue weighted by molar-refractivity contribution is 5.81. The van der Waals surface area contributed by atoms with Crippen molar-refractivity contribution in [2.24, 2.45) is 5.73 Å². The van der Waals surface area contributed by atoms with Gasteiger partial charge in [-0.25, -0.2) is 0 Å². The van der Waals surface area contributed by atoms with Crippen LogP contribution in [0.4, 0.5) is 0 Å². The van der Waals surface area contributed by atoms with Gasteiger partial charge >= 0.3 is 0 Å². The smallest absolute Gasteiger partial charge is 0.175 e. The maximum atomic E-state index is 11.1. The van der Waals surface area contributed by atoms with Crippen LogP contribution in [0.1, 0.15) is 96.8 Å². The molecule has 0 bridgehead atoms. The molecule has 0 heterocycles. The summed E-state index contributed by atoms with van der Waals surface area (Å²) in [6, 6.07) is 0. The van der Waals surface area contributed by atoms with Crippen LogP contribution in [0.15, 0.2) is 0 Å². The van der Waals surface area contributed by atoms with Crippen LogP contribution in [0.5, 0.6) is 0 Å². The molecule has 1 unspecified atom stereocenters. The number of carbonyl (C=O) groups is 1. The van der Waals surface area contributed by atoms with E-state index in [2.05, 4.69) is 6.92 Å². The Labute approximate surface area is 125 Å². The molecule has 0 aliphatic carbocycles. The minimum Gasteiger partial charge on any atom is -0.371 e. The van der Waals surface area contributed by atoms with Gasteiger partial charge in [-0.05, 0) is 6.42 Å². The van der Waals surface area contributed by atoms with Crippen LogP contribution in [0.2, 0.25) is 0 Å². The number of hydrogen-bond donors (Lipinski definition) is 2. The Bertz CT molecular complexity index is 217. The van der Waals surface area contributed by atoms with Gasteiger partial charge in [0.15, 0.2) is 12.0 Å². The minimum atomic E-state index is -1.27. The molecule has 0 amide bonds. The second-order valence-electron chi connectivity index (χ2n) is 5.90. The van der Waals surface area contributed by atoms with Gasteiger partial charge in [0, 0.05) is 6.42 Å². The van der Waals surface area contributed by atoms with Crippen LogP contribution in [0.3, 0.4) is 0 Å². The number of rotatable bonds is 15. The monoisotopic (exact) mass is 285 g/mol. The molecule has 3 N–H and O–H groups in total. The van der Waals surface area contributed by atoms with E-state index in [0.29, 0.717) is 6.42 Å². The fourth-order valence-electron chi connectivity index (χ4n) is 2.46. The van der Waals surface area contributed by atoms with Crippen LogP contribution in [0.25, 0.3) is 0 Å². The van der Waals surface area contributed by atoms with Crippen molar-refractivity contribution in [2.75, 3.05) is 0 Å². The van der Waals surface area contributed by atoms with Gasteiger partial charge in [-0.3, -0.25) is 10.5 Å². The van der Waals surface area contributed by atoms with Gasteiger partial charge in [-0.1, -0.05) is 84.0 Å². The highest BCUT2D eigenvalue weighted by atomic mass is 16.3. The summed E-state index contributed by atoms with van der Waals surface area (Å²) < 4.78 is 0. The number of hydrogen-bond acceptors (Lipinski definition) is 3. The summed E-state index contributed by atoms with van der Waals surface area (Å²) in [7, 11) is 0. The third-order valence-electron chi connectivity index (χ3n) is 3.86. The van der Waals surface area contributed by atoms with E-state index in [4.69, 9.17) is 10.8 Å². The second-order valence-corrected chi connectivity index (χ2v) is 5.90. The Morgan fingerprint density at radius 2 is 1.15 bits per heavy atom. The summed E-state index contributed by atoms with van der Waals surface area (Å²) in [5, 5.41) is 8.84. The van der Waals surface area contributed by atoms with Gasteiger partial charge in [0.2, 0.25) is 0 Å². The van der Waals surface area contributed by atoms with E-state index >= 15 is 0 Å². The first-order valence-electron chi connectivity index (χ1n) is 8.64. The summed E-state index contributed by atoms with van der Waals surface area (Å²) in [5.74, 6) is -0.229. The van der Waals surface area contributed by atoms with E-state index < -0.39 is 6.23 Å². The van der Waals surface area contributed by atoms with Gasteiger partial charge in [0.1, 0.15) is 0 Å². The Balaban J connectivity index is 3.04. The highest BCUT2D eigenvalue weighted by Gasteiger charge is 2.07. The summed E-state index contributed by atoms with van der Waals surface area (Å²) in [4.78, 5) is 11.1. The van der Waals surface area contributed by atoms with Crippen molar-refractivity contribution in [1.29, 1.82) is 0 Å². The molecule has 0 aliphatic rings. The maximum Gasteiger partial charge on any atom is 0.175 e. The van der Waals surface area contributed by atoms with E-state index in [1.165, 1.54) is 70.6 Å². The number of aliphatic hydroxyl groups excluding tert-OH is 1. The number of Topliss-reactive ketones (excluding diaryl/α,β-unsaturated/α-hetero) is 1. The average Bonchev–Trinajstić information content (AvgIpc) is 2.43. The predicted octanol–water partition coefficient (Wildman–Crippen LogP) is 4.31. The Hall–Kier alpha value is -0.410. The average molecular weight is 285 g/mol. The Kier molecular flexibility index (Phi) is 14.7. The molecule has 0 saturated heterocycles. The fraction of sp³-hybridized carbons (Fsp3) is 0.941. The molecule has 1 atom stereocenters. The van der Waals surface area contributed by atoms with Crippen molar-refractivity contribution in [3.8, 4) is 0 Å². The van der Waals surface area contributed by atoms with Crippen LogP contribution in [-0.2, 0) is 4.79 Å². The second kappa shape index (κ2) is 15.0.